The summed E-state index contributed by atoms with van der Waals surface area (Å²) in [6.07, 6.45) is 11.1. The molecule has 1 aromatic rings. The molecule has 0 amide bonds. The van der Waals surface area contributed by atoms with Gasteiger partial charge in [0.1, 0.15) is 5.75 Å². The van der Waals surface area contributed by atoms with E-state index in [4.69, 9.17) is 9.84 Å². The van der Waals surface area contributed by atoms with Crippen LogP contribution in [0, 0.1) is 23.2 Å². The molecule has 1 aromatic carbocycles. The van der Waals surface area contributed by atoms with Gasteiger partial charge in [-0.2, -0.15) is 0 Å². The number of aliphatic carboxylic acids is 1. The van der Waals surface area contributed by atoms with Crippen molar-refractivity contribution in [1.29, 1.82) is 0 Å². The topological polar surface area (TPSA) is 46.5 Å². The Kier molecular flexibility index (Phi) is 6.25. The van der Waals surface area contributed by atoms with Crippen LogP contribution in [-0.2, 0) is 4.79 Å². The van der Waals surface area contributed by atoms with Crippen molar-refractivity contribution in [3.05, 3.63) is 29.8 Å². The first-order chi connectivity index (χ1) is 12.6. The fourth-order valence-corrected chi connectivity index (χ4v) is 4.69. The monoisotopic (exact) mass is 354 g/mol. The van der Waals surface area contributed by atoms with Crippen LogP contribution in [-0.4, -0.2) is 17.7 Å². The molecule has 0 saturated heterocycles. The van der Waals surface area contributed by atoms with Gasteiger partial charge in [-0.1, -0.05) is 30.9 Å². The van der Waals surface area contributed by atoms with E-state index in [0.29, 0.717) is 11.3 Å². The summed E-state index contributed by atoms with van der Waals surface area (Å²) in [5, 5.41) is 9.04. The SMILES string of the molecule is CC#C[C@@H](CC(=O)O)c1ccc(OCC2CCC3(CCCC3)CC2)cc1. The molecule has 1 atom stereocenters. The van der Waals surface area contributed by atoms with Crippen LogP contribution in [0.5, 0.6) is 5.75 Å². The van der Waals surface area contributed by atoms with Crippen LogP contribution in [0.4, 0.5) is 0 Å². The molecule has 2 fully saturated rings. The summed E-state index contributed by atoms with van der Waals surface area (Å²) in [5.41, 5.74) is 1.62. The van der Waals surface area contributed by atoms with Crippen molar-refractivity contribution in [1.82, 2.24) is 0 Å². The first-order valence-electron chi connectivity index (χ1n) is 9.97. The molecule has 0 bridgehead atoms. The number of rotatable bonds is 6. The zero-order valence-electron chi connectivity index (χ0n) is 15.8. The zero-order valence-corrected chi connectivity index (χ0v) is 15.8. The lowest BCUT2D eigenvalue weighted by atomic mass is 9.69. The van der Waals surface area contributed by atoms with Crippen LogP contribution in [0.3, 0.4) is 0 Å². The Morgan fingerprint density at radius 3 is 2.42 bits per heavy atom. The Hall–Kier alpha value is -1.95. The van der Waals surface area contributed by atoms with Crippen LogP contribution in [0.1, 0.15) is 76.2 Å². The first-order valence-corrected chi connectivity index (χ1v) is 9.97. The van der Waals surface area contributed by atoms with E-state index >= 15 is 0 Å². The average molecular weight is 354 g/mol. The molecule has 1 spiro atoms. The molecule has 0 heterocycles. The highest BCUT2D eigenvalue weighted by molar-refractivity contribution is 5.69. The standard InChI is InChI=1S/C23H30O3/c1-2-5-20(16-22(24)25)19-6-8-21(9-7-19)26-17-18-10-14-23(15-11-18)12-3-4-13-23/h6-9,18,20H,3-4,10-17H2,1H3,(H,24,25)/t20-/m0/s1. The van der Waals surface area contributed by atoms with E-state index in [9.17, 15) is 4.79 Å². The second kappa shape index (κ2) is 8.62. The predicted molar refractivity (Wildman–Crippen MR) is 103 cm³/mol. The van der Waals surface area contributed by atoms with Crippen LogP contribution in [0.15, 0.2) is 24.3 Å². The third-order valence-corrected chi connectivity index (χ3v) is 6.30. The number of hydrogen-bond donors (Lipinski definition) is 1. The molecule has 140 valence electrons. The summed E-state index contributed by atoms with van der Waals surface area (Å²) in [7, 11) is 0. The largest absolute Gasteiger partial charge is 0.493 e. The van der Waals surface area contributed by atoms with E-state index in [1.807, 2.05) is 24.3 Å². The third kappa shape index (κ3) is 4.81. The summed E-state index contributed by atoms with van der Waals surface area (Å²) in [6, 6.07) is 7.79. The third-order valence-electron chi connectivity index (χ3n) is 6.30. The van der Waals surface area contributed by atoms with Gasteiger partial charge >= 0.3 is 5.97 Å². The van der Waals surface area contributed by atoms with E-state index in [1.54, 1.807) is 6.92 Å². The predicted octanol–water partition coefficient (Wildman–Crippen LogP) is 5.40. The molecule has 3 nitrogen and oxygen atoms in total. The molecule has 26 heavy (non-hydrogen) atoms. The Morgan fingerprint density at radius 1 is 1.19 bits per heavy atom. The van der Waals surface area contributed by atoms with Crippen LogP contribution < -0.4 is 4.74 Å². The second-order valence-corrected chi connectivity index (χ2v) is 8.08. The highest BCUT2D eigenvalue weighted by Crippen LogP contribution is 2.50. The minimum Gasteiger partial charge on any atom is -0.493 e. The summed E-state index contributed by atoms with van der Waals surface area (Å²) >= 11 is 0. The average Bonchev–Trinajstić information content (AvgIpc) is 3.09. The van der Waals surface area contributed by atoms with E-state index in [-0.39, 0.29) is 12.3 Å². The molecule has 0 unspecified atom stereocenters. The fourth-order valence-electron chi connectivity index (χ4n) is 4.69. The van der Waals surface area contributed by atoms with Crippen LogP contribution in [0.25, 0.3) is 0 Å². The molecular weight excluding hydrogens is 324 g/mol. The van der Waals surface area contributed by atoms with Gasteiger partial charge in [-0.15, -0.1) is 5.92 Å². The molecule has 2 saturated carbocycles. The molecule has 0 aliphatic heterocycles. The number of benzene rings is 1. The zero-order chi connectivity index (χ0) is 18.4. The minimum atomic E-state index is -0.824. The van der Waals surface area contributed by atoms with Gasteiger partial charge in [0.05, 0.1) is 18.9 Å². The molecule has 3 rings (SSSR count). The highest BCUT2D eigenvalue weighted by Gasteiger charge is 2.37. The quantitative estimate of drug-likeness (QED) is 0.696. The summed E-state index contributed by atoms with van der Waals surface area (Å²) < 4.78 is 6.02. The van der Waals surface area contributed by atoms with Gasteiger partial charge in [0.2, 0.25) is 0 Å². The van der Waals surface area contributed by atoms with E-state index < -0.39 is 5.97 Å². The molecule has 2 aliphatic rings. The molecule has 0 radical (unpaired) electrons. The van der Waals surface area contributed by atoms with E-state index in [1.165, 1.54) is 51.4 Å². The molecule has 1 N–H and O–H groups in total. The summed E-state index contributed by atoms with van der Waals surface area (Å²) in [4.78, 5) is 11.0. The summed E-state index contributed by atoms with van der Waals surface area (Å²) in [5.74, 6) is 6.28. The van der Waals surface area contributed by atoms with Gasteiger partial charge < -0.3 is 9.84 Å². The lowest BCUT2D eigenvalue weighted by molar-refractivity contribution is -0.137. The Labute approximate surface area is 157 Å². The maximum Gasteiger partial charge on any atom is 0.304 e. The molecule has 2 aliphatic carbocycles. The number of ether oxygens (including phenoxy) is 1. The van der Waals surface area contributed by atoms with Crippen molar-refractivity contribution in [2.75, 3.05) is 6.61 Å². The van der Waals surface area contributed by atoms with Crippen molar-refractivity contribution < 1.29 is 14.6 Å². The van der Waals surface area contributed by atoms with Crippen molar-refractivity contribution in [2.24, 2.45) is 11.3 Å². The van der Waals surface area contributed by atoms with E-state index in [2.05, 4.69) is 11.8 Å². The molecule has 0 aromatic heterocycles. The maximum atomic E-state index is 11.0. The Bertz CT molecular complexity index is 649. The fraction of sp³-hybridized carbons (Fsp3) is 0.609. The number of carboxylic acids is 1. The Morgan fingerprint density at radius 2 is 1.85 bits per heavy atom. The van der Waals surface area contributed by atoms with Crippen molar-refractivity contribution in [3.8, 4) is 17.6 Å². The highest BCUT2D eigenvalue weighted by atomic mass is 16.5. The van der Waals surface area contributed by atoms with Gasteiger partial charge in [-0.05, 0) is 74.5 Å². The first kappa shape index (κ1) is 18.8. The maximum absolute atomic E-state index is 11.0. The second-order valence-electron chi connectivity index (χ2n) is 8.08. The van der Waals surface area contributed by atoms with Crippen molar-refractivity contribution in [3.63, 3.8) is 0 Å². The molecular formula is C23H30O3. The Balaban J connectivity index is 1.49. The van der Waals surface area contributed by atoms with Crippen LogP contribution in [0.2, 0.25) is 0 Å². The molecule has 3 heteroatoms. The minimum absolute atomic E-state index is 0.0326. The van der Waals surface area contributed by atoms with Gasteiger partial charge in [0.15, 0.2) is 0 Å². The number of carbonyl (C=O) groups is 1. The number of carboxylic acid groups (broad SMARTS) is 1. The lowest BCUT2D eigenvalue weighted by Crippen LogP contribution is -2.27. The van der Waals surface area contributed by atoms with Gasteiger partial charge in [-0.3, -0.25) is 4.79 Å². The van der Waals surface area contributed by atoms with Gasteiger partial charge in [0, 0.05) is 0 Å². The normalized spacial score (nSPS) is 20.3. The lowest BCUT2D eigenvalue weighted by Gasteiger charge is -2.37. The van der Waals surface area contributed by atoms with Gasteiger partial charge in [0.25, 0.3) is 0 Å². The van der Waals surface area contributed by atoms with Crippen molar-refractivity contribution >= 4 is 5.97 Å². The van der Waals surface area contributed by atoms with Crippen molar-refractivity contribution in [2.45, 2.75) is 70.6 Å². The van der Waals surface area contributed by atoms with Crippen LogP contribution >= 0.6 is 0 Å². The van der Waals surface area contributed by atoms with E-state index in [0.717, 1.165) is 17.9 Å². The van der Waals surface area contributed by atoms with Gasteiger partial charge in [-0.25, -0.2) is 0 Å². The summed E-state index contributed by atoms with van der Waals surface area (Å²) in [6.45, 7) is 2.54. The number of hydrogen-bond acceptors (Lipinski definition) is 2. The smallest absolute Gasteiger partial charge is 0.304 e.